The van der Waals surface area contributed by atoms with Gasteiger partial charge in [0.05, 0.1) is 0 Å². The van der Waals surface area contributed by atoms with Gasteiger partial charge in [-0.1, -0.05) is 29.3 Å². The highest BCUT2D eigenvalue weighted by Crippen LogP contribution is 2.14. The fourth-order valence-corrected chi connectivity index (χ4v) is 1.66. The molecule has 0 fully saturated rings. The van der Waals surface area contributed by atoms with Gasteiger partial charge in [0.2, 0.25) is 0 Å². The molecule has 0 N–H and O–H groups in total. The van der Waals surface area contributed by atoms with E-state index in [-0.39, 0.29) is 0 Å². The highest BCUT2D eigenvalue weighted by molar-refractivity contribution is 9.09. The first-order valence-corrected chi connectivity index (χ1v) is 4.80. The van der Waals surface area contributed by atoms with Gasteiger partial charge in [0, 0.05) is 11.2 Å². The summed E-state index contributed by atoms with van der Waals surface area (Å²) in [4.78, 5) is 0.686. The molecule has 10 heavy (non-hydrogen) atoms. The molecule has 0 amide bonds. The van der Waals surface area contributed by atoms with Crippen LogP contribution in [0.3, 0.4) is 0 Å². The summed E-state index contributed by atoms with van der Waals surface area (Å²) in [5, 5.41) is 0. The lowest BCUT2D eigenvalue weighted by molar-refractivity contribution is 0.665. The van der Waals surface area contributed by atoms with Crippen molar-refractivity contribution in [1.82, 2.24) is 0 Å². The van der Waals surface area contributed by atoms with Crippen LogP contribution in [-0.4, -0.2) is 4.83 Å². The Hall–Kier alpha value is 0.0400. The number of unbranched alkanes of at least 4 members (excludes halogenated alkanes) is 1. The summed E-state index contributed by atoms with van der Waals surface area (Å²) >= 11 is 3.60. The molecule has 0 heterocycles. The zero-order valence-electron chi connectivity index (χ0n) is 6.57. The van der Waals surface area contributed by atoms with Gasteiger partial charge in [-0.15, -0.1) is 12.3 Å². The number of halogens is 1. The Labute approximate surface area is 72.5 Å². The zero-order valence-corrected chi connectivity index (χ0v) is 8.15. The van der Waals surface area contributed by atoms with Gasteiger partial charge in [-0.2, -0.15) is 0 Å². The Morgan fingerprint density at radius 2 is 2.20 bits per heavy atom. The van der Waals surface area contributed by atoms with Crippen molar-refractivity contribution in [1.29, 1.82) is 0 Å². The van der Waals surface area contributed by atoms with Crippen LogP contribution >= 0.6 is 15.9 Å². The molecule has 0 aliphatic heterocycles. The van der Waals surface area contributed by atoms with Crippen molar-refractivity contribution < 1.29 is 0 Å². The first kappa shape index (κ1) is 10.0. The standard InChI is InChI=1S/C9H15Br/c1-3-5-6-8-9(10)7-4-2/h1,9H,4-8H2,2H3. The third-order valence-electron chi connectivity index (χ3n) is 1.44. The van der Waals surface area contributed by atoms with Gasteiger partial charge >= 0.3 is 0 Å². The molecule has 0 bridgehead atoms. The van der Waals surface area contributed by atoms with Crippen molar-refractivity contribution in [2.24, 2.45) is 0 Å². The summed E-state index contributed by atoms with van der Waals surface area (Å²) in [6.45, 7) is 2.20. The quantitative estimate of drug-likeness (QED) is 0.365. The predicted molar refractivity (Wildman–Crippen MR) is 50.3 cm³/mol. The Morgan fingerprint density at radius 1 is 1.50 bits per heavy atom. The summed E-state index contributed by atoms with van der Waals surface area (Å²) in [7, 11) is 0. The minimum Gasteiger partial charge on any atom is -0.120 e. The van der Waals surface area contributed by atoms with Crippen LogP contribution in [0.15, 0.2) is 0 Å². The minimum atomic E-state index is 0.686. The lowest BCUT2D eigenvalue weighted by Crippen LogP contribution is -1.95. The van der Waals surface area contributed by atoms with Crippen molar-refractivity contribution in [3.63, 3.8) is 0 Å². The fourth-order valence-electron chi connectivity index (χ4n) is 0.883. The maximum absolute atomic E-state index is 5.12. The van der Waals surface area contributed by atoms with E-state index >= 15 is 0 Å². The van der Waals surface area contributed by atoms with Crippen LogP contribution in [0.25, 0.3) is 0 Å². The van der Waals surface area contributed by atoms with Crippen molar-refractivity contribution in [3.05, 3.63) is 0 Å². The van der Waals surface area contributed by atoms with Crippen LogP contribution in [0.2, 0.25) is 0 Å². The molecule has 1 atom stereocenters. The molecule has 0 aliphatic rings. The first-order chi connectivity index (χ1) is 4.81. The maximum atomic E-state index is 5.12. The van der Waals surface area contributed by atoms with E-state index in [0.29, 0.717) is 4.83 Å². The largest absolute Gasteiger partial charge is 0.120 e. The van der Waals surface area contributed by atoms with Gasteiger partial charge < -0.3 is 0 Å². The molecule has 58 valence electrons. The molecule has 0 aromatic heterocycles. The van der Waals surface area contributed by atoms with Crippen molar-refractivity contribution in [3.8, 4) is 12.3 Å². The Balaban J connectivity index is 3.06. The normalized spacial score (nSPS) is 12.5. The molecule has 0 aromatic carbocycles. The molecule has 0 saturated carbocycles. The minimum absolute atomic E-state index is 0.686. The van der Waals surface area contributed by atoms with E-state index in [1.165, 1.54) is 19.3 Å². The molecule has 1 unspecified atom stereocenters. The monoisotopic (exact) mass is 202 g/mol. The highest BCUT2D eigenvalue weighted by Gasteiger charge is 2.00. The van der Waals surface area contributed by atoms with Crippen LogP contribution in [0, 0.1) is 12.3 Å². The van der Waals surface area contributed by atoms with E-state index in [0.717, 1.165) is 12.8 Å². The predicted octanol–water partition coefficient (Wildman–Crippen LogP) is 3.35. The van der Waals surface area contributed by atoms with Crippen LogP contribution < -0.4 is 0 Å². The summed E-state index contributed by atoms with van der Waals surface area (Å²) in [6.07, 6.45) is 10.9. The molecule has 0 nitrogen and oxygen atoms in total. The number of hydrogen-bond acceptors (Lipinski definition) is 0. The van der Waals surface area contributed by atoms with Gasteiger partial charge in [0.25, 0.3) is 0 Å². The fraction of sp³-hybridized carbons (Fsp3) is 0.778. The number of terminal acetylenes is 1. The van der Waals surface area contributed by atoms with Crippen molar-refractivity contribution in [2.45, 2.75) is 43.9 Å². The van der Waals surface area contributed by atoms with E-state index in [9.17, 15) is 0 Å². The summed E-state index contributed by atoms with van der Waals surface area (Å²) in [5.74, 6) is 2.64. The van der Waals surface area contributed by atoms with Gasteiger partial charge in [-0.05, 0) is 19.3 Å². The molecular weight excluding hydrogens is 188 g/mol. The van der Waals surface area contributed by atoms with Gasteiger partial charge in [-0.3, -0.25) is 0 Å². The lowest BCUT2D eigenvalue weighted by atomic mass is 10.1. The first-order valence-electron chi connectivity index (χ1n) is 3.88. The van der Waals surface area contributed by atoms with Gasteiger partial charge in [0.15, 0.2) is 0 Å². The van der Waals surface area contributed by atoms with Crippen molar-refractivity contribution >= 4 is 15.9 Å². The van der Waals surface area contributed by atoms with Crippen LogP contribution in [0.1, 0.15) is 39.0 Å². The topological polar surface area (TPSA) is 0 Å². The zero-order chi connectivity index (χ0) is 7.82. The molecular formula is C9H15Br. The second-order valence-electron chi connectivity index (χ2n) is 2.48. The second kappa shape index (κ2) is 7.15. The summed E-state index contributed by atoms with van der Waals surface area (Å²) in [5.41, 5.74) is 0. The summed E-state index contributed by atoms with van der Waals surface area (Å²) in [6, 6.07) is 0. The Kier molecular flexibility index (Phi) is 7.18. The molecule has 0 aliphatic carbocycles. The number of hydrogen-bond donors (Lipinski definition) is 0. The lowest BCUT2D eigenvalue weighted by Gasteiger charge is -2.04. The molecule has 0 spiro atoms. The summed E-state index contributed by atoms with van der Waals surface area (Å²) < 4.78 is 0. The Morgan fingerprint density at radius 3 is 2.70 bits per heavy atom. The average molecular weight is 203 g/mol. The molecule has 0 rings (SSSR count). The Bertz CT molecular complexity index is 102. The highest BCUT2D eigenvalue weighted by atomic mass is 79.9. The van der Waals surface area contributed by atoms with E-state index < -0.39 is 0 Å². The number of rotatable bonds is 5. The maximum Gasteiger partial charge on any atom is 0.0146 e. The van der Waals surface area contributed by atoms with E-state index in [2.05, 4.69) is 28.8 Å². The van der Waals surface area contributed by atoms with Crippen molar-refractivity contribution in [2.75, 3.05) is 0 Å². The van der Waals surface area contributed by atoms with Crippen LogP contribution in [0.5, 0.6) is 0 Å². The van der Waals surface area contributed by atoms with Crippen LogP contribution in [0.4, 0.5) is 0 Å². The van der Waals surface area contributed by atoms with Gasteiger partial charge in [-0.25, -0.2) is 0 Å². The average Bonchev–Trinajstić information content (AvgIpc) is 1.89. The van der Waals surface area contributed by atoms with Crippen LogP contribution in [-0.2, 0) is 0 Å². The molecule has 0 aromatic rings. The third kappa shape index (κ3) is 6.16. The SMILES string of the molecule is C#CCCCC(Br)CCC. The van der Waals surface area contributed by atoms with E-state index in [1.54, 1.807) is 0 Å². The molecule has 1 heteroatoms. The molecule has 0 saturated heterocycles. The van der Waals surface area contributed by atoms with Gasteiger partial charge in [0.1, 0.15) is 0 Å². The van der Waals surface area contributed by atoms with E-state index in [1.807, 2.05) is 0 Å². The second-order valence-corrected chi connectivity index (χ2v) is 3.78. The third-order valence-corrected chi connectivity index (χ3v) is 2.36. The number of alkyl halides is 1. The smallest absolute Gasteiger partial charge is 0.0146 e. The molecule has 0 radical (unpaired) electrons. The van der Waals surface area contributed by atoms with E-state index in [4.69, 9.17) is 6.42 Å².